The molecule has 0 radical (unpaired) electrons. The number of carbonyl (C=O) groups is 1. The van der Waals surface area contributed by atoms with Crippen molar-refractivity contribution in [1.29, 1.82) is 0 Å². The number of nitrogens with one attached hydrogen (secondary N) is 1. The fraction of sp³-hybridized carbons (Fsp3) is 0.812. The molecule has 2 atom stereocenters. The minimum Gasteiger partial charge on any atom is -0.383 e. The van der Waals surface area contributed by atoms with Crippen LogP contribution in [0.15, 0.2) is 4.52 Å². The highest BCUT2D eigenvalue weighted by atomic mass is 16.5. The molecule has 1 saturated heterocycles. The summed E-state index contributed by atoms with van der Waals surface area (Å²) in [7, 11) is 1.64. The van der Waals surface area contributed by atoms with Crippen molar-refractivity contribution in [3.63, 3.8) is 0 Å². The molecule has 0 spiro atoms. The molecule has 7 heteroatoms. The molecule has 0 bridgehead atoms. The lowest BCUT2D eigenvalue weighted by Crippen LogP contribution is -2.45. The first-order valence-corrected chi connectivity index (χ1v) is 8.50. The molecule has 0 unspecified atom stereocenters. The molecule has 128 valence electrons. The van der Waals surface area contributed by atoms with Crippen LogP contribution >= 0.6 is 0 Å². The van der Waals surface area contributed by atoms with Gasteiger partial charge in [0, 0.05) is 31.5 Å². The average molecular weight is 322 g/mol. The van der Waals surface area contributed by atoms with Crippen molar-refractivity contribution in [2.75, 3.05) is 33.4 Å². The molecule has 0 aromatic carbocycles. The van der Waals surface area contributed by atoms with Gasteiger partial charge in [-0.05, 0) is 39.2 Å². The molecule has 1 aliphatic heterocycles. The molecule has 2 aliphatic rings. The van der Waals surface area contributed by atoms with Crippen LogP contribution in [0.3, 0.4) is 0 Å². The lowest BCUT2D eigenvalue weighted by atomic mass is 9.97. The Bertz CT molecular complexity index is 529. The van der Waals surface area contributed by atoms with Crippen LogP contribution in [-0.2, 0) is 9.53 Å². The van der Waals surface area contributed by atoms with E-state index in [9.17, 15) is 4.79 Å². The zero-order valence-electron chi connectivity index (χ0n) is 14.0. The van der Waals surface area contributed by atoms with Crippen LogP contribution in [0.2, 0.25) is 0 Å². The summed E-state index contributed by atoms with van der Waals surface area (Å²) in [5.41, 5.74) is 0. The van der Waals surface area contributed by atoms with Gasteiger partial charge < -0.3 is 14.6 Å². The minimum absolute atomic E-state index is 0.0337. The van der Waals surface area contributed by atoms with E-state index in [0.29, 0.717) is 19.1 Å². The molecule has 2 heterocycles. The Kier molecular flexibility index (Phi) is 5.27. The number of rotatable bonds is 7. The summed E-state index contributed by atoms with van der Waals surface area (Å²) in [6.45, 7) is 4.64. The predicted octanol–water partition coefficient (Wildman–Crippen LogP) is 1.28. The number of ether oxygens (including phenoxy) is 1. The lowest BCUT2D eigenvalue weighted by molar-refractivity contribution is -0.123. The Labute approximate surface area is 136 Å². The predicted molar refractivity (Wildman–Crippen MR) is 84.2 cm³/mol. The van der Waals surface area contributed by atoms with E-state index in [0.717, 1.165) is 50.5 Å². The highest BCUT2D eigenvalue weighted by Gasteiger charge is 2.32. The zero-order chi connectivity index (χ0) is 16.2. The number of likely N-dealkylation sites (tertiary alicyclic amines) is 1. The van der Waals surface area contributed by atoms with E-state index in [1.807, 2.05) is 6.92 Å². The molecule has 1 saturated carbocycles. The van der Waals surface area contributed by atoms with Gasteiger partial charge >= 0.3 is 0 Å². The second-order valence-corrected chi connectivity index (χ2v) is 6.76. The van der Waals surface area contributed by atoms with Crippen LogP contribution in [0.4, 0.5) is 0 Å². The molecule has 1 amide bonds. The number of hydrogen-bond donors (Lipinski definition) is 1. The smallest absolute Gasteiger partial charge is 0.234 e. The van der Waals surface area contributed by atoms with Crippen molar-refractivity contribution in [2.45, 2.75) is 50.5 Å². The Morgan fingerprint density at radius 1 is 1.43 bits per heavy atom. The van der Waals surface area contributed by atoms with E-state index < -0.39 is 0 Å². The van der Waals surface area contributed by atoms with Gasteiger partial charge in [-0.3, -0.25) is 9.69 Å². The number of methoxy groups -OCH3 is 1. The molecule has 1 aliphatic carbocycles. The first-order chi connectivity index (χ1) is 11.2. The molecule has 1 N–H and O–H groups in total. The first kappa shape index (κ1) is 16.4. The normalized spacial score (nSPS) is 23.7. The second kappa shape index (κ2) is 7.40. The SMILES string of the molecule is COC[C@@H](C)NC(=O)CN1CCC[C@H](c2noc(C3CC3)n2)C1. The van der Waals surface area contributed by atoms with Gasteiger partial charge in [-0.1, -0.05) is 5.16 Å². The molecule has 3 rings (SSSR count). The third-order valence-corrected chi connectivity index (χ3v) is 4.45. The van der Waals surface area contributed by atoms with Crippen LogP contribution in [0.5, 0.6) is 0 Å². The van der Waals surface area contributed by atoms with E-state index >= 15 is 0 Å². The van der Waals surface area contributed by atoms with Crippen molar-refractivity contribution in [3.8, 4) is 0 Å². The standard InChI is InChI=1S/C16H26N4O3/c1-11(10-22-2)17-14(21)9-20-7-3-4-13(8-20)15-18-16(23-19-15)12-5-6-12/h11-13H,3-10H2,1-2H3,(H,17,21)/t11-,13+/m1/s1. The molecule has 23 heavy (non-hydrogen) atoms. The van der Waals surface area contributed by atoms with Crippen LogP contribution in [0, 0.1) is 0 Å². The number of nitrogens with zero attached hydrogens (tertiary/aromatic N) is 3. The molecule has 1 aromatic rings. The number of piperidine rings is 1. The number of aromatic nitrogens is 2. The summed E-state index contributed by atoms with van der Waals surface area (Å²) >= 11 is 0. The van der Waals surface area contributed by atoms with Crippen molar-refractivity contribution >= 4 is 5.91 Å². The minimum atomic E-state index is 0.0337. The zero-order valence-corrected chi connectivity index (χ0v) is 14.0. The average Bonchev–Trinajstić information content (AvgIpc) is 3.25. The molecule has 1 aromatic heterocycles. The van der Waals surface area contributed by atoms with E-state index in [2.05, 4.69) is 20.4 Å². The highest BCUT2D eigenvalue weighted by Crippen LogP contribution is 2.39. The third-order valence-electron chi connectivity index (χ3n) is 4.45. The van der Waals surface area contributed by atoms with Gasteiger partial charge in [0.05, 0.1) is 13.2 Å². The van der Waals surface area contributed by atoms with Crippen LogP contribution in [0.25, 0.3) is 0 Å². The van der Waals surface area contributed by atoms with Gasteiger partial charge in [-0.25, -0.2) is 0 Å². The summed E-state index contributed by atoms with van der Waals surface area (Å²) < 4.78 is 10.4. The van der Waals surface area contributed by atoms with Crippen LogP contribution in [-0.4, -0.2) is 60.3 Å². The van der Waals surface area contributed by atoms with Gasteiger partial charge in [-0.15, -0.1) is 0 Å². The van der Waals surface area contributed by atoms with Crippen molar-refractivity contribution < 1.29 is 14.1 Å². The number of hydrogen-bond acceptors (Lipinski definition) is 6. The fourth-order valence-electron chi connectivity index (χ4n) is 3.13. The van der Waals surface area contributed by atoms with E-state index in [-0.39, 0.29) is 17.9 Å². The maximum Gasteiger partial charge on any atom is 0.234 e. The van der Waals surface area contributed by atoms with E-state index in [4.69, 9.17) is 9.26 Å². The lowest BCUT2D eigenvalue weighted by Gasteiger charge is -2.30. The Morgan fingerprint density at radius 2 is 2.26 bits per heavy atom. The molecule has 7 nitrogen and oxygen atoms in total. The summed E-state index contributed by atoms with van der Waals surface area (Å²) in [6, 6.07) is 0.0337. The number of amides is 1. The highest BCUT2D eigenvalue weighted by molar-refractivity contribution is 5.78. The maximum atomic E-state index is 12.1. The van der Waals surface area contributed by atoms with Crippen molar-refractivity contribution in [2.24, 2.45) is 0 Å². The van der Waals surface area contributed by atoms with E-state index in [1.165, 1.54) is 0 Å². The number of carbonyl (C=O) groups excluding carboxylic acids is 1. The Balaban J connectivity index is 1.50. The van der Waals surface area contributed by atoms with E-state index in [1.54, 1.807) is 7.11 Å². The molecular formula is C16H26N4O3. The molecular weight excluding hydrogens is 296 g/mol. The van der Waals surface area contributed by atoms with Gasteiger partial charge in [0.15, 0.2) is 5.82 Å². The van der Waals surface area contributed by atoms with Gasteiger partial charge in [0.1, 0.15) is 0 Å². The largest absolute Gasteiger partial charge is 0.383 e. The van der Waals surface area contributed by atoms with Crippen molar-refractivity contribution in [3.05, 3.63) is 11.7 Å². The summed E-state index contributed by atoms with van der Waals surface area (Å²) in [5, 5.41) is 7.11. The van der Waals surface area contributed by atoms with Gasteiger partial charge in [0.25, 0.3) is 0 Å². The monoisotopic (exact) mass is 322 g/mol. The summed E-state index contributed by atoms with van der Waals surface area (Å²) in [4.78, 5) is 18.8. The third kappa shape index (κ3) is 4.51. The Morgan fingerprint density at radius 3 is 3.00 bits per heavy atom. The Hall–Kier alpha value is -1.47. The topological polar surface area (TPSA) is 80.5 Å². The van der Waals surface area contributed by atoms with Gasteiger partial charge in [-0.2, -0.15) is 4.98 Å². The van der Waals surface area contributed by atoms with Crippen LogP contribution in [0.1, 0.15) is 56.2 Å². The van der Waals surface area contributed by atoms with Crippen molar-refractivity contribution in [1.82, 2.24) is 20.4 Å². The summed E-state index contributed by atoms with van der Waals surface area (Å²) in [6.07, 6.45) is 4.44. The quantitative estimate of drug-likeness (QED) is 0.814. The maximum absolute atomic E-state index is 12.1. The molecule has 2 fully saturated rings. The fourth-order valence-corrected chi connectivity index (χ4v) is 3.13. The summed E-state index contributed by atoms with van der Waals surface area (Å²) in [5.74, 6) is 2.41. The first-order valence-electron chi connectivity index (χ1n) is 8.50. The second-order valence-electron chi connectivity index (χ2n) is 6.76. The van der Waals surface area contributed by atoms with Crippen LogP contribution < -0.4 is 5.32 Å². The van der Waals surface area contributed by atoms with Gasteiger partial charge in [0.2, 0.25) is 11.8 Å².